The van der Waals surface area contributed by atoms with Gasteiger partial charge in [-0.25, -0.2) is 0 Å². The highest BCUT2D eigenvalue weighted by molar-refractivity contribution is 8.00. The molecule has 0 unspecified atom stereocenters. The number of rotatable bonds is 9. The van der Waals surface area contributed by atoms with Crippen LogP contribution in [0.25, 0.3) is 10.9 Å². The Morgan fingerprint density at radius 1 is 1.17 bits per heavy atom. The van der Waals surface area contributed by atoms with Crippen molar-refractivity contribution in [1.29, 1.82) is 0 Å². The normalized spacial score (nSPS) is 17.1. The molecule has 0 radical (unpaired) electrons. The van der Waals surface area contributed by atoms with E-state index in [2.05, 4.69) is 32.4 Å². The summed E-state index contributed by atoms with van der Waals surface area (Å²) in [6.45, 7) is -0.951. The number of fused-ring (bicyclic) bond motifs is 1. The number of benzene rings is 2. The van der Waals surface area contributed by atoms with Crippen LogP contribution < -0.4 is 20.1 Å². The summed E-state index contributed by atoms with van der Waals surface area (Å²) in [6, 6.07) is 14.4. The molecular weight excluding hydrogens is 575 g/mol. The largest absolute Gasteiger partial charge is 0.495 e. The third-order valence-electron chi connectivity index (χ3n) is 6.50. The molecule has 0 spiro atoms. The first-order valence-electron chi connectivity index (χ1n) is 12.8. The van der Waals surface area contributed by atoms with Gasteiger partial charge in [0.2, 0.25) is 0 Å². The van der Waals surface area contributed by atoms with E-state index in [1.165, 1.54) is 22.8 Å². The van der Waals surface area contributed by atoms with Gasteiger partial charge in [0.1, 0.15) is 18.6 Å². The van der Waals surface area contributed by atoms with E-state index < -0.39 is 23.5 Å². The highest BCUT2D eigenvalue weighted by atomic mass is 32.2. The third kappa shape index (κ3) is 7.51. The lowest BCUT2D eigenvalue weighted by atomic mass is 10.1. The van der Waals surface area contributed by atoms with Gasteiger partial charge in [-0.3, -0.25) is 4.21 Å². The van der Waals surface area contributed by atoms with Crippen molar-refractivity contribution in [1.82, 2.24) is 9.72 Å². The van der Waals surface area contributed by atoms with Gasteiger partial charge in [-0.15, -0.1) is 0 Å². The van der Waals surface area contributed by atoms with Gasteiger partial charge in [0.25, 0.3) is 0 Å². The van der Waals surface area contributed by atoms with Crippen molar-refractivity contribution in [3.63, 3.8) is 0 Å². The molecule has 3 heterocycles. The summed E-state index contributed by atoms with van der Waals surface area (Å²) >= 11 is 1.34. The molecule has 2 aromatic heterocycles. The lowest BCUT2D eigenvalue weighted by Crippen LogP contribution is -2.29. The van der Waals surface area contributed by atoms with Gasteiger partial charge >= 0.3 is 6.18 Å². The molecule has 0 saturated carbocycles. The van der Waals surface area contributed by atoms with Crippen LogP contribution >= 0.6 is 11.9 Å². The number of halogens is 3. The molecule has 4 aromatic rings. The molecule has 5 rings (SSSR count). The highest BCUT2D eigenvalue weighted by Gasteiger charge is 2.30. The molecule has 0 atom stereocenters. The maximum Gasteiger partial charge on any atom is 0.406 e. The number of hydrogen-bond acceptors (Lipinski definition) is 8. The molecule has 0 bridgehead atoms. The molecule has 13 heteroatoms. The summed E-state index contributed by atoms with van der Waals surface area (Å²) in [5.41, 5.74) is 2.18. The standard InChI is InChI=1S/C28H28F3N5O3S2/c1-38-26-17-21(40-35-27-9-13-39-34-27)7-8-24(26)32-12-3-4-20-16-22-23(33-19-10-14-41(37)15-11-19)5-2-6-25(22)36(20)18-28(29,30)31/h2,5-9,13,16-17,19,32-33H,10-12,14-15,18H2,1H3,(H,34,35). The highest BCUT2D eigenvalue weighted by Crippen LogP contribution is 2.32. The van der Waals surface area contributed by atoms with E-state index in [1.807, 2.05) is 24.3 Å². The van der Waals surface area contributed by atoms with Crippen molar-refractivity contribution in [3.05, 3.63) is 60.5 Å². The minimum absolute atomic E-state index is 0.126. The minimum Gasteiger partial charge on any atom is -0.495 e. The maximum atomic E-state index is 13.5. The van der Waals surface area contributed by atoms with Crippen LogP contribution in [0.3, 0.4) is 0 Å². The van der Waals surface area contributed by atoms with Crippen LogP contribution in [0.1, 0.15) is 18.5 Å². The van der Waals surface area contributed by atoms with Crippen molar-refractivity contribution in [2.24, 2.45) is 0 Å². The SMILES string of the molecule is COc1cc(SNc2ccon2)ccc1NCC#Cc1cc2c(NC3CCS(=O)CC3)cccc2n1CC(F)(F)F. The Labute approximate surface area is 242 Å². The van der Waals surface area contributed by atoms with Crippen LogP contribution in [0.5, 0.6) is 5.75 Å². The summed E-state index contributed by atoms with van der Waals surface area (Å²) in [5, 5.41) is 11.1. The van der Waals surface area contributed by atoms with Gasteiger partial charge in [-0.05, 0) is 67.1 Å². The molecule has 0 aliphatic carbocycles. The fourth-order valence-corrected chi connectivity index (χ4v) is 6.48. The molecule has 41 heavy (non-hydrogen) atoms. The van der Waals surface area contributed by atoms with Crippen LogP contribution in [-0.2, 0) is 17.3 Å². The molecule has 1 saturated heterocycles. The summed E-state index contributed by atoms with van der Waals surface area (Å²) in [7, 11) is 0.758. The number of aromatic nitrogens is 2. The Morgan fingerprint density at radius 3 is 2.73 bits per heavy atom. The van der Waals surface area contributed by atoms with E-state index in [0.717, 1.165) is 23.4 Å². The van der Waals surface area contributed by atoms with Crippen molar-refractivity contribution in [3.8, 4) is 17.6 Å². The first-order valence-corrected chi connectivity index (χ1v) is 15.1. The Morgan fingerprint density at radius 2 is 2.00 bits per heavy atom. The van der Waals surface area contributed by atoms with Crippen molar-refractivity contribution < 1.29 is 26.6 Å². The summed E-state index contributed by atoms with van der Waals surface area (Å²) in [6.07, 6.45) is -1.43. The Kier molecular flexibility index (Phi) is 8.99. The average molecular weight is 604 g/mol. The van der Waals surface area contributed by atoms with E-state index in [0.29, 0.717) is 39.7 Å². The number of alkyl halides is 3. The summed E-state index contributed by atoms with van der Waals surface area (Å²) < 4.78 is 66.9. The first kappa shape index (κ1) is 28.8. The Hall–Kier alpha value is -3.76. The lowest BCUT2D eigenvalue weighted by Gasteiger charge is -2.24. The third-order valence-corrected chi connectivity index (χ3v) is 8.68. The van der Waals surface area contributed by atoms with Gasteiger partial charge in [-0.2, -0.15) is 13.2 Å². The zero-order valence-corrected chi connectivity index (χ0v) is 23.7. The number of nitrogens with zero attached hydrogens (tertiary/aromatic N) is 2. The van der Waals surface area contributed by atoms with Gasteiger partial charge in [0.15, 0.2) is 5.82 Å². The van der Waals surface area contributed by atoms with Crippen LogP contribution in [0.15, 0.2) is 64.2 Å². The molecule has 1 aliphatic rings. The van der Waals surface area contributed by atoms with Gasteiger partial charge in [0, 0.05) is 50.4 Å². The van der Waals surface area contributed by atoms with E-state index in [-0.39, 0.29) is 18.3 Å². The van der Waals surface area contributed by atoms with E-state index in [4.69, 9.17) is 9.26 Å². The van der Waals surface area contributed by atoms with Gasteiger partial charge in [-0.1, -0.05) is 17.1 Å². The van der Waals surface area contributed by atoms with Crippen LogP contribution in [-0.4, -0.2) is 51.3 Å². The molecular formula is C28H28F3N5O3S2. The molecule has 1 fully saturated rings. The number of anilines is 3. The maximum absolute atomic E-state index is 13.5. The second kappa shape index (κ2) is 12.8. The van der Waals surface area contributed by atoms with Crippen molar-refractivity contribution >= 4 is 50.8 Å². The Balaban J connectivity index is 1.32. The van der Waals surface area contributed by atoms with Crippen LogP contribution in [0.2, 0.25) is 0 Å². The molecule has 8 nitrogen and oxygen atoms in total. The zero-order chi connectivity index (χ0) is 28.8. The second-order valence-corrected chi connectivity index (χ2v) is 11.9. The average Bonchev–Trinajstić information content (AvgIpc) is 3.59. The van der Waals surface area contributed by atoms with E-state index in [9.17, 15) is 17.4 Å². The second-order valence-electron chi connectivity index (χ2n) is 9.34. The molecule has 1 aliphatic heterocycles. The fraction of sp³-hybridized carbons (Fsp3) is 0.321. The minimum atomic E-state index is -4.41. The van der Waals surface area contributed by atoms with E-state index in [1.54, 1.807) is 31.4 Å². The number of hydrogen-bond donors (Lipinski definition) is 3. The van der Waals surface area contributed by atoms with Crippen LogP contribution in [0, 0.1) is 11.8 Å². The predicted molar refractivity (Wildman–Crippen MR) is 157 cm³/mol. The molecule has 3 N–H and O–H groups in total. The molecule has 2 aromatic carbocycles. The van der Waals surface area contributed by atoms with Crippen LogP contribution in [0.4, 0.5) is 30.4 Å². The fourth-order valence-electron chi connectivity index (χ4n) is 4.55. The molecule has 0 amide bonds. The number of ether oxygens (including phenoxy) is 1. The predicted octanol–water partition coefficient (Wildman–Crippen LogP) is 6.11. The van der Waals surface area contributed by atoms with E-state index >= 15 is 0 Å². The smallest absolute Gasteiger partial charge is 0.406 e. The number of methoxy groups -OCH3 is 1. The van der Waals surface area contributed by atoms with Crippen molar-refractivity contribution in [2.45, 2.75) is 36.5 Å². The van der Waals surface area contributed by atoms with Crippen molar-refractivity contribution in [2.75, 3.05) is 40.5 Å². The molecule has 216 valence electrons. The zero-order valence-electron chi connectivity index (χ0n) is 22.1. The number of nitrogens with one attached hydrogen (secondary N) is 3. The monoisotopic (exact) mass is 603 g/mol. The summed E-state index contributed by atoms with van der Waals surface area (Å²) in [4.78, 5) is 0.879. The summed E-state index contributed by atoms with van der Waals surface area (Å²) in [5.74, 6) is 8.31. The van der Waals surface area contributed by atoms with Gasteiger partial charge < -0.3 is 29.2 Å². The Bertz CT molecular complexity index is 1570. The van der Waals surface area contributed by atoms with Gasteiger partial charge in [0.05, 0.1) is 30.6 Å². The quantitative estimate of drug-likeness (QED) is 0.156. The lowest BCUT2D eigenvalue weighted by molar-refractivity contribution is -0.140. The topological polar surface area (TPSA) is 93.3 Å². The first-order chi connectivity index (χ1) is 19.8.